The molecule has 1 heterocycles. The van der Waals surface area contributed by atoms with Crippen LogP contribution in [0.15, 0.2) is 0 Å². The fourth-order valence-electron chi connectivity index (χ4n) is 1.13. The van der Waals surface area contributed by atoms with E-state index in [1.54, 1.807) is 9.80 Å². The van der Waals surface area contributed by atoms with Crippen LogP contribution in [0.3, 0.4) is 0 Å². The van der Waals surface area contributed by atoms with Crippen molar-refractivity contribution in [2.45, 2.75) is 33.2 Å². The zero-order valence-electron chi connectivity index (χ0n) is 8.79. The summed E-state index contributed by atoms with van der Waals surface area (Å²) < 4.78 is 0. The van der Waals surface area contributed by atoms with Crippen molar-refractivity contribution in [2.75, 3.05) is 20.6 Å². The predicted molar refractivity (Wildman–Crippen MR) is 51.2 cm³/mol. The molecule has 12 heavy (non-hydrogen) atoms. The Hall–Kier alpha value is -0.730. The molecule has 72 valence electrons. The molecule has 0 bridgehead atoms. The first kappa shape index (κ1) is 11.3. The summed E-state index contributed by atoms with van der Waals surface area (Å²) in [5.74, 6) is 0. The predicted octanol–water partition coefficient (Wildman–Crippen LogP) is 1.79. The molecule has 1 aliphatic rings. The first-order chi connectivity index (χ1) is 5.63. The summed E-state index contributed by atoms with van der Waals surface area (Å²) in [5, 5.41) is 0. The van der Waals surface area contributed by atoms with Gasteiger partial charge in [-0.1, -0.05) is 13.8 Å². The number of hydrogen-bond donors (Lipinski definition) is 0. The van der Waals surface area contributed by atoms with Crippen molar-refractivity contribution in [3.05, 3.63) is 0 Å². The van der Waals surface area contributed by atoms with Crippen LogP contribution >= 0.6 is 0 Å². The minimum Gasteiger partial charge on any atom is -0.328 e. The van der Waals surface area contributed by atoms with Crippen molar-refractivity contribution in [2.24, 2.45) is 0 Å². The summed E-state index contributed by atoms with van der Waals surface area (Å²) in [6.45, 7) is 6.97. The normalized spacial score (nSPS) is 23.4. The third kappa shape index (κ3) is 2.40. The molecule has 0 aliphatic carbocycles. The highest BCUT2D eigenvalue weighted by molar-refractivity contribution is 5.74. The minimum absolute atomic E-state index is 0.138. The monoisotopic (exact) mass is 172 g/mol. The SMILES string of the molecule is CC.CC1CCN(C)C(=O)N1C. The van der Waals surface area contributed by atoms with Gasteiger partial charge in [-0.3, -0.25) is 0 Å². The Bertz CT molecular complexity index is 147. The zero-order valence-corrected chi connectivity index (χ0v) is 8.79. The molecular weight excluding hydrogens is 152 g/mol. The molecule has 0 aromatic carbocycles. The van der Waals surface area contributed by atoms with Crippen LogP contribution in [0.2, 0.25) is 0 Å². The first-order valence-corrected chi connectivity index (χ1v) is 4.61. The van der Waals surface area contributed by atoms with E-state index in [4.69, 9.17) is 0 Å². The lowest BCUT2D eigenvalue weighted by molar-refractivity contribution is 0.130. The Labute approximate surface area is 75.3 Å². The van der Waals surface area contributed by atoms with E-state index in [2.05, 4.69) is 6.92 Å². The van der Waals surface area contributed by atoms with Gasteiger partial charge in [0.2, 0.25) is 0 Å². The molecule has 1 saturated heterocycles. The molecule has 0 N–H and O–H groups in total. The van der Waals surface area contributed by atoms with E-state index < -0.39 is 0 Å². The molecule has 2 amide bonds. The van der Waals surface area contributed by atoms with Crippen molar-refractivity contribution in [1.29, 1.82) is 0 Å². The lowest BCUT2D eigenvalue weighted by Crippen LogP contribution is -2.49. The van der Waals surface area contributed by atoms with Gasteiger partial charge in [0.1, 0.15) is 0 Å². The number of amides is 2. The molecule has 3 nitrogen and oxygen atoms in total. The molecule has 3 heteroatoms. The van der Waals surface area contributed by atoms with Gasteiger partial charge in [-0.15, -0.1) is 0 Å². The highest BCUT2D eigenvalue weighted by Gasteiger charge is 2.24. The Morgan fingerprint density at radius 1 is 1.33 bits per heavy atom. The van der Waals surface area contributed by atoms with Gasteiger partial charge in [-0.05, 0) is 13.3 Å². The van der Waals surface area contributed by atoms with Crippen LogP contribution in [0.25, 0.3) is 0 Å². The number of rotatable bonds is 0. The molecule has 0 spiro atoms. The van der Waals surface area contributed by atoms with Crippen molar-refractivity contribution >= 4 is 6.03 Å². The lowest BCUT2D eigenvalue weighted by atomic mass is 10.2. The third-order valence-electron chi connectivity index (χ3n) is 2.17. The van der Waals surface area contributed by atoms with Gasteiger partial charge in [0.25, 0.3) is 0 Å². The highest BCUT2D eigenvalue weighted by atomic mass is 16.2. The summed E-state index contributed by atoms with van der Waals surface area (Å²) >= 11 is 0. The second-order valence-electron chi connectivity index (χ2n) is 2.95. The van der Waals surface area contributed by atoms with Gasteiger partial charge in [-0.25, -0.2) is 4.79 Å². The summed E-state index contributed by atoms with van der Waals surface area (Å²) in [6, 6.07) is 0.544. The molecule has 0 aromatic rings. The summed E-state index contributed by atoms with van der Waals surface area (Å²) in [4.78, 5) is 14.7. The minimum atomic E-state index is 0.138. The van der Waals surface area contributed by atoms with Crippen molar-refractivity contribution < 1.29 is 4.79 Å². The Kier molecular flexibility index (Phi) is 4.71. The van der Waals surface area contributed by atoms with Crippen molar-refractivity contribution in [3.8, 4) is 0 Å². The Balaban J connectivity index is 0.000000561. The maximum atomic E-state index is 11.2. The highest BCUT2D eigenvalue weighted by Crippen LogP contribution is 2.11. The maximum absolute atomic E-state index is 11.2. The van der Waals surface area contributed by atoms with Gasteiger partial charge in [0, 0.05) is 26.7 Å². The van der Waals surface area contributed by atoms with E-state index in [9.17, 15) is 4.79 Å². The average molecular weight is 172 g/mol. The van der Waals surface area contributed by atoms with Gasteiger partial charge in [0.05, 0.1) is 0 Å². The van der Waals surface area contributed by atoms with E-state index >= 15 is 0 Å². The number of nitrogens with zero attached hydrogens (tertiary/aromatic N) is 2. The second kappa shape index (κ2) is 5.01. The van der Waals surface area contributed by atoms with Crippen LogP contribution in [0.1, 0.15) is 27.2 Å². The quantitative estimate of drug-likeness (QED) is 0.546. The first-order valence-electron chi connectivity index (χ1n) is 4.61. The summed E-state index contributed by atoms with van der Waals surface area (Å²) in [6.07, 6.45) is 1.08. The standard InChI is InChI=1S/C7H14N2O.C2H6/c1-6-4-5-8(2)7(10)9(6)3;1-2/h6H,4-5H2,1-3H3;1-2H3. The molecular formula is C9H20N2O. The smallest absolute Gasteiger partial charge is 0.319 e. The van der Waals surface area contributed by atoms with Crippen LogP contribution < -0.4 is 0 Å². The third-order valence-corrected chi connectivity index (χ3v) is 2.17. The van der Waals surface area contributed by atoms with Gasteiger partial charge >= 0.3 is 6.03 Å². The van der Waals surface area contributed by atoms with E-state index in [0.29, 0.717) is 6.04 Å². The molecule has 1 rings (SSSR count). The van der Waals surface area contributed by atoms with Gasteiger partial charge in [0.15, 0.2) is 0 Å². The number of hydrogen-bond acceptors (Lipinski definition) is 1. The van der Waals surface area contributed by atoms with E-state index in [1.165, 1.54) is 0 Å². The molecule has 1 unspecified atom stereocenters. The van der Waals surface area contributed by atoms with Gasteiger partial charge in [-0.2, -0.15) is 0 Å². The van der Waals surface area contributed by atoms with Crippen molar-refractivity contribution in [3.63, 3.8) is 0 Å². The molecule has 0 radical (unpaired) electrons. The van der Waals surface area contributed by atoms with Crippen molar-refractivity contribution in [1.82, 2.24) is 9.80 Å². The molecule has 0 aromatic heterocycles. The number of carbonyl (C=O) groups excluding carboxylic acids is 1. The molecule has 1 atom stereocenters. The summed E-state index contributed by atoms with van der Waals surface area (Å²) in [7, 11) is 3.69. The maximum Gasteiger partial charge on any atom is 0.319 e. The fraction of sp³-hybridized carbons (Fsp3) is 0.889. The zero-order chi connectivity index (χ0) is 9.72. The largest absolute Gasteiger partial charge is 0.328 e. The summed E-state index contributed by atoms with van der Waals surface area (Å²) in [5.41, 5.74) is 0. The van der Waals surface area contributed by atoms with E-state index in [0.717, 1.165) is 13.0 Å². The lowest BCUT2D eigenvalue weighted by Gasteiger charge is -2.35. The van der Waals surface area contributed by atoms with E-state index in [-0.39, 0.29) is 6.03 Å². The molecule has 0 saturated carbocycles. The number of urea groups is 1. The molecule has 1 aliphatic heterocycles. The Morgan fingerprint density at radius 2 is 1.83 bits per heavy atom. The van der Waals surface area contributed by atoms with Gasteiger partial charge < -0.3 is 9.80 Å². The number of carbonyl (C=O) groups is 1. The van der Waals surface area contributed by atoms with Crippen LogP contribution in [0.4, 0.5) is 4.79 Å². The fourth-order valence-corrected chi connectivity index (χ4v) is 1.13. The van der Waals surface area contributed by atoms with Crippen LogP contribution in [0.5, 0.6) is 0 Å². The molecule has 1 fully saturated rings. The van der Waals surface area contributed by atoms with Crippen LogP contribution in [-0.4, -0.2) is 42.5 Å². The van der Waals surface area contributed by atoms with Crippen LogP contribution in [0, 0.1) is 0 Å². The van der Waals surface area contributed by atoms with E-state index in [1.807, 2.05) is 27.9 Å². The second-order valence-corrected chi connectivity index (χ2v) is 2.95. The topological polar surface area (TPSA) is 23.6 Å². The Morgan fingerprint density at radius 3 is 2.25 bits per heavy atom. The van der Waals surface area contributed by atoms with Crippen LogP contribution in [-0.2, 0) is 0 Å². The average Bonchev–Trinajstić information content (AvgIpc) is 2.12.